The molecular formula is C38H42ClN11O5. The molecule has 3 amide bonds. The zero-order valence-corrected chi connectivity index (χ0v) is 31.7. The number of piperidine rings is 1. The Bertz CT molecular complexity index is 2420. The molecule has 8 rings (SSSR count). The number of hydrogen-bond donors (Lipinski definition) is 4. The van der Waals surface area contributed by atoms with Gasteiger partial charge in [-0.3, -0.25) is 33.7 Å². The maximum Gasteiger partial charge on any atom is 0.294 e. The number of carbonyl (C=O) groups is 3. The number of pyridine rings is 2. The number of para-hydroxylation sites is 1. The number of anilines is 4. The second kappa shape index (κ2) is 14.1. The first-order valence-electron chi connectivity index (χ1n) is 18.4. The van der Waals surface area contributed by atoms with Gasteiger partial charge in [-0.1, -0.05) is 30.7 Å². The van der Waals surface area contributed by atoms with Gasteiger partial charge in [0, 0.05) is 62.9 Å². The molecular weight excluding hydrogens is 726 g/mol. The van der Waals surface area contributed by atoms with Crippen molar-refractivity contribution in [2.75, 3.05) is 42.3 Å². The Balaban J connectivity index is 0.925. The lowest BCUT2D eigenvalue weighted by atomic mass is 9.64. The highest BCUT2D eigenvalue weighted by Crippen LogP contribution is 2.48. The summed E-state index contributed by atoms with van der Waals surface area (Å²) in [5.41, 5.74) is 3.46. The molecule has 286 valence electrons. The fraction of sp³-hybridized carbons (Fsp3) is 0.421. The summed E-state index contributed by atoms with van der Waals surface area (Å²) in [4.78, 5) is 64.9. The third-order valence-corrected chi connectivity index (χ3v) is 11.5. The number of halogens is 1. The third kappa shape index (κ3) is 6.79. The number of rotatable bonds is 9. The van der Waals surface area contributed by atoms with Crippen LogP contribution in [-0.4, -0.2) is 79.8 Å². The largest absolute Gasteiger partial charge is 0.478 e. The van der Waals surface area contributed by atoms with E-state index in [1.165, 1.54) is 11.6 Å². The third-order valence-electron chi connectivity index (χ3n) is 11.2. The Hall–Kier alpha value is -5.77. The van der Waals surface area contributed by atoms with Crippen molar-refractivity contribution in [1.82, 2.24) is 39.9 Å². The van der Waals surface area contributed by atoms with Gasteiger partial charge in [0.2, 0.25) is 17.8 Å². The maximum atomic E-state index is 12.8. The lowest BCUT2D eigenvalue weighted by Gasteiger charge is -2.55. The summed E-state index contributed by atoms with van der Waals surface area (Å²) in [5.74, 6) is 0.127. The molecule has 3 atom stereocenters. The number of amides is 3. The molecule has 55 heavy (non-hydrogen) atoms. The number of fused-ring (bicyclic) bond motifs is 2. The molecule has 2 aliphatic heterocycles. The number of likely N-dealkylation sites (N-methyl/N-ethyl adjacent to an activating group) is 1. The molecule has 5 aromatic rings. The summed E-state index contributed by atoms with van der Waals surface area (Å²) in [6.07, 6.45) is 7.05. The SMILES string of the molecule is CNC(=O)COc1cc2cc(Nc3nc(N4CC5(CC[C@@H](Nc6cccc7c([C@H]8CCC(=O)NC8=O)nn(C)c67)[C@@H](C)C5)C4)ncc3Cl)cnc2n(C)c1=O. The van der Waals surface area contributed by atoms with Crippen molar-refractivity contribution in [1.29, 1.82) is 0 Å². The summed E-state index contributed by atoms with van der Waals surface area (Å²) in [5, 5.41) is 18.7. The van der Waals surface area contributed by atoms with E-state index in [0.717, 1.165) is 48.9 Å². The molecule has 6 heterocycles. The quantitative estimate of drug-likeness (QED) is 0.159. The minimum absolute atomic E-state index is 0.0390. The van der Waals surface area contributed by atoms with Crippen molar-refractivity contribution >= 4 is 74.4 Å². The van der Waals surface area contributed by atoms with Gasteiger partial charge in [-0.25, -0.2) is 9.97 Å². The molecule has 16 nitrogen and oxygen atoms in total. The molecule has 3 aliphatic rings. The van der Waals surface area contributed by atoms with Crippen LogP contribution < -0.4 is 36.5 Å². The predicted molar refractivity (Wildman–Crippen MR) is 208 cm³/mol. The van der Waals surface area contributed by atoms with E-state index in [-0.39, 0.29) is 41.5 Å². The van der Waals surface area contributed by atoms with Crippen molar-refractivity contribution in [3.63, 3.8) is 0 Å². The minimum Gasteiger partial charge on any atom is -0.478 e. The predicted octanol–water partition coefficient (Wildman–Crippen LogP) is 3.76. The molecule has 17 heteroatoms. The van der Waals surface area contributed by atoms with Crippen LogP contribution in [0.3, 0.4) is 0 Å². The maximum absolute atomic E-state index is 12.8. The molecule has 4 N–H and O–H groups in total. The first-order chi connectivity index (χ1) is 26.4. The van der Waals surface area contributed by atoms with Crippen LogP contribution in [-0.2, 0) is 28.5 Å². The molecule has 1 aromatic carbocycles. The van der Waals surface area contributed by atoms with Gasteiger partial charge in [0.1, 0.15) is 10.7 Å². The average molecular weight is 768 g/mol. The van der Waals surface area contributed by atoms with E-state index in [1.807, 2.05) is 29.9 Å². The van der Waals surface area contributed by atoms with E-state index in [4.69, 9.17) is 26.4 Å². The van der Waals surface area contributed by atoms with Crippen LogP contribution in [0.1, 0.15) is 50.6 Å². The fourth-order valence-electron chi connectivity index (χ4n) is 8.42. The minimum atomic E-state index is -0.450. The van der Waals surface area contributed by atoms with Crippen molar-refractivity contribution in [3.05, 3.63) is 63.8 Å². The van der Waals surface area contributed by atoms with Crippen molar-refractivity contribution in [2.45, 2.75) is 51.0 Å². The Morgan fingerprint density at radius 3 is 2.69 bits per heavy atom. The van der Waals surface area contributed by atoms with Crippen LogP contribution in [0.25, 0.3) is 21.9 Å². The lowest BCUT2D eigenvalue weighted by molar-refractivity contribution is -0.134. The lowest BCUT2D eigenvalue weighted by Crippen LogP contribution is -2.60. The van der Waals surface area contributed by atoms with Gasteiger partial charge in [0.15, 0.2) is 18.2 Å². The molecule has 1 aliphatic carbocycles. The van der Waals surface area contributed by atoms with Gasteiger partial charge in [-0.15, -0.1) is 0 Å². The summed E-state index contributed by atoms with van der Waals surface area (Å²) in [6, 6.07) is 9.71. The van der Waals surface area contributed by atoms with Gasteiger partial charge in [0.05, 0.1) is 40.9 Å². The summed E-state index contributed by atoms with van der Waals surface area (Å²) in [6.45, 7) is 3.69. The fourth-order valence-corrected chi connectivity index (χ4v) is 8.56. The number of ether oxygens (including phenoxy) is 1. The zero-order chi connectivity index (χ0) is 38.6. The Morgan fingerprint density at radius 1 is 1.11 bits per heavy atom. The first-order valence-corrected chi connectivity index (χ1v) is 18.7. The number of aromatic nitrogens is 6. The number of aryl methyl sites for hydroxylation is 2. The molecule has 3 fully saturated rings. The molecule has 4 aromatic heterocycles. The number of hydrogen-bond acceptors (Lipinski definition) is 12. The summed E-state index contributed by atoms with van der Waals surface area (Å²) < 4.78 is 8.70. The van der Waals surface area contributed by atoms with Gasteiger partial charge >= 0.3 is 0 Å². The normalized spacial score (nSPS) is 20.7. The number of imide groups is 1. The highest BCUT2D eigenvalue weighted by molar-refractivity contribution is 6.33. The highest BCUT2D eigenvalue weighted by Gasteiger charge is 2.48. The zero-order valence-electron chi connectivity index (χ0n) is 31.0. The Morgan fingerprint density at radius 2 is 1.93 bits per heavy atom. The van der Waals surface area contributed by atoms with Gasteiger partial charge in [-0.2, -0.15) is 10.1 Å². The highest BCUT2D eigenvalue weighted by atomic mass is 35.5. The second-order valence-corrected chi connectivity index (χ2v) is 15.4. The number of carbonyl (C=O) groups excluding carboxylic acids is 3. The van der Waals surface area contributed by atoms with Crippen LogP contribution in [0.15, 0.2) is 47.5 Å². The van der Waals surface area contributed by atoms with Gasteiger partial charge < -0.3 is 25.6 Å². The monoisotopic (exact) mass is 767 g/mol. The average Bonchev–Trinajstić information content (AvgIpc) is 3.49. The van der Waals surface area contributed by atoms with Gasteiger partial charge in [0.25, 0.3) is 11.5 Å². The molecule has 1 saturated carbocycles. The molecule has 1 spiro atoms. The van der Waals surface area contributed by atoms with E-state index < -0.39 is 11.5 Å². The molecule has 0 unspecified atom stereocenters. The van der Waals surface area contributed by atoms with E-state index in [0.29, 0.717) is 58.0 Å². The number of nitrogens with one attached hydrogen (secondary N) is 4. The second-order valence-electron chi connectivity index (χ2n) is 15.0. The first kappa shape index (κ1) is 36.2. The van der Waals surface area contributed by atoms with Crippen molar-refractivity contribution in [3.8, 4) is 5.75 Å². The topological polar surface area (TPSA) is 190 Å². The van der Waals surface area contributed by atoms with Crippen LogP contribution >= 0.6 is 11.6 Å². The van der Waals surface area contributed by atoms with E-state index in [1.54, 1.807) is 25.5 Å². The van der Waals surface area contributed by atoms with Crippen LogP contribution in [0.2, 0.25) is 5.02 Å². The number of benzene rings is 1. The van der Waals surface area contributed by atoms with Crippen molar-refractivity contribution in [2.24, 2.45) is 25.4 Å². The van der Waals surface area contributed by atoms with E-state index in [9.17, 15) is 19.2 Å². The Kier molecular flexibility index (Phi) is 9.31. The molecule has 0 radical (unpaired) electrons. The Labute approximate surface area is 321 Å². The summed E-state index contributed by atoms with van der Waals surface area (Å²) in [7, 11) is 4.99. The van der Waals surface area contributed by atoms with Crippen LogP contribution in [0.5, 0.6) is 5.75 Å². The van der Waals surface area contributed by atoms with Gasteiger partial charge in [-0.05, 0) is 49.8 Å². The van der Waals surface area contributed by atoms with Crippen molar-refractivity contribution < 1.29 is 19.1 Å². The van der Waals surface area contributed by atoms with Crippen LogP contribution in [0, 0.1) is 11.3 Å². The smallest absolute Gasteiger partial charge is 0.294 e. The summed E-state index contributed by atoms with van der Waals surface area (Å²) >= 11 is 6.56. The van der Waals surface area contributed by atoms with E-state index >= 15 is 0 Å². The van der Waals surface area contributed by atoms with Crippen LogP contribution in [0.4, 0.5) is 23.1 Å². The number of nitrogens with zero attached hydrogens (tertiary/aromatic N) is 7. The molecule has 2 saturated heterocycles. The molecule has 0 bridgehead atoms. The van der Waals surface area contributed by atoms with E-state index in [2.05, 4.69) is 49.1 Å². The standard InChI is InChI=1S/C38H42ClN11O5/c1-20-14-38(11-10-26(20)44-27-7-5-6-23-31(47-49(4)32(23)27)24-8-9-29(51)45-35(24)53)18-50(19-38)37-42-16-25(39)33(46-37)43-22-12-21-13-28(55-17-30(52)40-2)36(54)48(3)34(21)41-15-22/h5-7,12-13,15-16,20,24,26,44H,8-11,14,17-19H2,1-4H3,(H,40,52)(H,42,43,46)(H,45,51,53)/t20-,24+,26+/m0/s1.